The van der Waals surface area contributed by atoms with Crippen LogP contribution in [-0.2, 0) is 10.0 Å². The summed E-state index contributed by atoms with van der Waals surface area (Å²) < 4.78 is 32.6. The highest BCUT2D eigenvalue weighted by molar-refractivity contribution is 7.92. The maximum atomic E-state index is 12.7. The summed E-state index contributed by atoms with van der Waals surface area (Å²) in [6, 6.07) is 6.61. The number of aromatic amines is 1. The lowest BCUT2D eigenvalue weighted by Gasteiger charge is -2.12. The average Bonchev–Trinajstić information content (AvgIpc) is 2.87. The van der Waals surface area contributed by atoms with Gasteiger partial charge in [-0.15, -0.1) is 0 Å². The lowest BCUT2D eigenvalue weighted by Crippen LogP contribution is -2.15. The molecule has 1 aromatic heterocycles. The van der Waals surface area contributed by atoms with E-state index in [1.54, 1.807) is 13.8 Å². The smallest absolute Gasteiger partial charge is 0.408 e. The van der Waals surface area contributed by atoms with Gasteiger partial charge in [0.1, 0.15) is 0 Å². The minimum absolute atomic E-state index is 0.0892. The van der Waals surface area contributed by atoms with Crippen molar-refractivity contribution in [2.45, 2.75) is 18.7 Å². The molecular formula is C15H13N3O6S. The number of hydrogen-bond acceptors (Lipinski definition) is 6. The second kappa shape index (κ2) is 5.74. The number of non-ortho nitro benzene ring substituents is 1. The number of fused-ring (bicyclic) bond motifs is 1. The molecule has 0 amide bonds. The molecule has 0 fully saturated rings. The molecule has 0 atom stereocenters. The maximum absolute atomic E-state index is 12.7. The van der Waals surface area contributed by atoms with Gasteiger partial charge in [-0.25, -0.2) is 13.2 Å². The van der Waals surface area contributed by atoms with E-state index in [1.807, 2.05) is 0 Å². The van der Waals surface area contributed by atoms with Gasteiger partial charge < -0.3 is 4.42 Å². The molecule has 25 heavy (non-hydrogen) atoms. The lowest BCUT2D eigenvalue weighted by molar-refractivity contribution is -0.384. The van der Waals surface area contributed by atoms with Crippen molar-refractivity contribution in [3.8, 4) is 0 Å². The molecule has 3 aromatic rings. The Labute approximate surface area is 141 Å². The van der Waals surface area contributed by atoms with Crippen LogP contribution in [0.4, 0.5) is 11.4 Å². The summed E-state index contributed by atoms with van der Waals surface area (Å²) in [6.07, 6.45) is 0. The highest BCUT2D eigenvalue weighted by Gasteiger charge is 2.21. The lowest BCUT2D eigenvalue weighted by atomic mass is 10.2. The van der Waals surface area contributed by atoms with E-state index < -0.39 is 20.7 Å². The fraction of sp³-hybridized carbons (Fsp3) is 0.133. The van der Waals surface area contributed by atoms with Crippen LogP contribution in [0, 0.1) is 24.0 Å². The number of benzene rings is 2. The normalized spacial score (nSPS) is 11.6. The molecule has 10 heteroatoms. The number of hydrogen-bond donors (Lipinski definition) is 2. The zero-order valence-corrected chi connectivity index (χ0v) is 14.0. The third kappa shape index (κ3) is 3.11. The number of sulfonamides is 1. The van der Waals surface area contributed by atoms with E-state index in [2.05, 4.69) is 9.71 Å². The predicted molar refractivity (Wildman–Crippen MR) is 90.2 cm³/mol. The van der Waals surface area contributed by atoms with Gasteiger partial charge in [0, 0.05) is 18.2 Å². The van der Waals surface area contributed by atoms with E-state index in [9.17, 15) is 23.3 Å². The van der Waals surface area contributed by atoms with Gasteiger partial charge in [-0.2, -0.15) is 0 Å². The number of aromatic nitrogens is 1. The molecular weight excluding hydrogens is 350 g/mol. The Balaban J connectivity index is 2.08. The van der Waals surface area contributed by atoms with Crippen LogP contribution < -0.4 is 10.5 Å². The first-order valence-corrected chi connectivity index (χ1v) is 8.57. The summed E-state index contributed by atoms with van der Waals surface area (Å²) in [4.78, 5) is 23.9. The van der Waals surface area contributed by atoms with Crippen molar-refractivity contribution in [3.05, 3.63) is 62.1 Å². The van der Waals surface area contributed by atoms with Gasteiger partial charge >= 0.3 is 5.76 Å². The summed E-state index contributed by atoms with van der Waals surface area (Å²) in [7, 11) is -4.04. The number of rotatable bonds is 4. The van der Waals surface area contributed by atoms with Gasteiger partial charge in [-0.1, -0.05) is 6.07 Å². The minimum atomic E-state index is -4.04. The van der Waals surface area contributed by atoms with Crippen LogP contribution in [0.5, 0.6) is 0 Å². The van der Waals surface area contributed by atoms with Crippen LogP contribution in [0.1, 0.15) is 11.1 Å². The monoisotopic (exact) mass is 363 g/mol. The molecule has 3 rings (SSSR count). The molecule has 9 nitrogen and oxygen atoms in total. The Morgan fingerprint density at radius 3 is 2.56 bits per heavy atom. The predicted octanol–water partition coefficient (Wildman–Crippen LogP) is 2.45. The van der Waals surface area contributed by atoms with E-state index in [0.717, 1.165) is 6.07 Å². The number of nitro groups is 1. The molecule has 0 aliphatic carbocycles. The number of aryl methyl sites for hydroxylation is 2. The van der Waals surface area contributed by atoms with Gasteiger partial charge in [-0.3, -0.25) is 19.8 Å². The largest absolute Gasteiger partial charge is 0.417 e. The SMILES string of the molecule is Cc1ccc([N+](=O)[O-])cc1NS(=O)(=O)c1cc2oc(=O)[nH]c2cc1C. The van der Waals surface area contributed by atoms with Gasteiger partial charge in [0.2, 0.25) is 0 Å². The highest BCUT2D eigenvalue weighted by atomic mass is 32.2. The van der Waals surface area contributed by atoms with Crippen LogP contribution in [0.15, 0.2) is 44.4 Å². The zero-order valence-electron chi connectivity index (χ0n) is 13.2. The van der Waals surface area contributed by atoms with Crippen molar-refractivity contribution < 1.29 is 17.8 Å². The molecule has 0 saturated heterocycles. The molecule has 130 valence electrons. The van der Waals surface area contributed by atoms with Crippen molar-refractivity contribution in [1.82, 2.24) is 4.98 Å². The summed E-state index contributed by atoms with van der Waals surface area (Å²) in [6.45, 7) is 3.20. The Morgan fingerprint density at radius 2 is 1.88 bits per heavy atom. The average molecular weight is 363 g/mol. The van der Waals surface area contributed by atoms with Crippen LogP contribution in [0.2, 0.25) is 0 Å². The first-order chi connectivity index (χ1) is 11.7. The second-order valence-corrected chi connectivity index (χ2v) is 7.14. The van der Waals surface area contributed by atoms with Gasteiger partial charge in [-0.05, 0) is 31.0 Å². The summed E-state index contributed by atoms with van der Waals surface area (Å²) in [5, 5.41) is 10.9. The molecule has 0 aliphatic rings. The van der Waals surface area contributed by atoms with E-state index in [-0.39, 0.29) is 21.9 Å². The van der Waals surface area contributed by atoms with E-state index in [4.69, 9.17) is 4.42 Å². The molecule has 0 aliphatic heterocycles. The molecule has 0 bridgehead atoms. The molecule has 0 radical (unpaired) electrons. The fourth-order valence-corrected chi connectivity index (χ4v) is 3.77. The molecule has 1 heterocycles. The van der Waals surface area contributed by atoms with Crippen molar-refractivity contribution in [2.75, 3.05) is 4.72 Å². The third-order valence-electron chi connectivity index (χ3n) is 3.68. The van der Waals surface area contributed by atoms with Crippen LogP contribution in [-0.4, -0.2) is 18.3 Å². The van der Waals surface area contributed by atoms with Crippen molar-refractivity contribution in [2.24, 2.45) is 0 Å². The number of oxazole rings is 1. The maximum Gasteiger partial charge on any atom is 0.417 e. The van der Waals surface area contributed by atoms with Gasteiger partial charge in [0.15, 0.2) is 5.58 Å². The Bertz CT molecular complexity index is 1160. The number of nitro benzene ring substituents is 1. The number of anilines is 1. The molecule has 0 spiro atoms. The summed E-state index contributed by atoms with van der Waals surface area (Å²) >= 11 is 0. The van der Waals surface area contributed by atoms with Crippen LogP contribution >= 0.6 is 0 Å². The number of nitrogens with zero attached hydrogens (tertiary/aromatic N) is 1. The first kappa shape index (κ1) is 16.7. The number of nitrogens with one attached hydrogen (secondary N) is 2. The fourth-order valence-electron chi connectivity index (χ4n) is 2.41. The molecule has 0 unspecified atom stereocenters. The number of H-pyrrole nitrogens is 1. The van der Waals surface area contributed by atoms with E-state index >= 15 is 0 Å². The van der Waals surface area contributed by atoms with Gasteiger partial charge in [0.05, 0.1) is 21.0 Å². The topological polar surface area (TPSA) is 135 Å². The van der Waals surface area contributed by atoms with Crippen LogP contribution in [0.25, 0.3) is 11.1 Å². The Hall–Kier alpha value is -3.14. The molecule has 2 aromatic carbocycles. The highest BCUT2D eigenvalue weighted by Crippen LogP contribution is 2.27. The Kier molecular flexibility index (Phi) is 3.84. The van der Waals surface area contributed by atoms with Crippen LogP contribution in [0.3, 0.4) is 0 Å². The first-order valence-electron chi connectivity index (χ1n) is 7.09. The molecule has 0 saturated carbocycles. The molecule has 2 N–H and O–H groups in total. The summed E-state index contributed by atoms with van der Waals surface area (Å²) in [5.74, 6) is -0.688. The zero-order chi connectivity index (χ0) is 18.4. The van der Waals surface area contributed by atoms with E-state index in [0.29, 0.717) is 16.6 Å². The quantitative estimate of drug-likeness (QED) is 0.540. The van der Waals surface area contributed by atoms with Gasteiger partial charge in [0.25, 0.3) is 15.7 Å². The van der Waals surface area contributed by atoms with Crippen molar-refractivity contribution >= 4 is 32.5 Å². The third-order valence-corrected chi connectivity index (χ3v) is 5.19. The minimum Gasteiger partial charge on any atom is -0.408 e. The van der Waals surface area contributed by atoms with Crippen molar-refractivity contribution in [1.29, 1.82) is 0 Å². The second-order valence-electron chi connectivity index (χ2n) is 5.49. The standard InChI is InChI=1S/C15H13N3O6S/c1-8-3-4-10(18(20)21)6-11(8)17-25(22,23)14-7-13-12(5-9(14)2)16-15(19)24-13/h3-7,17H,1-2H3,(H,16,19). The summed E-state index contributed by atoms with van der Waals surface area (Å²) in [5.41, 5.74) is 1.28. The van der Waals surface area contributed by atoms with Crippen molar-refractivity contribution in [3.63, 3.8) is 0 Å². The van der Waals surface area contributed by atoms with E-state index in [1.165, 1.54) is 24.3 Å². The Morgan fingerprint density at radius 1 is 1.16 bits per heavy atom.